The summed E-state index contributed by atoms with van der Waals surface area (Å²) in [5.74, 6) is 0.645. The normalized spacial score (nSPS) is 11.9. The molecule has 0 radical (unpaired) electrons. The third-order valence-corrected chi connectivity index (χ3v) is 2.89. The molecule has 1 amide bonds. The fraction of sp³-hybridized carbons (Fsp3) is 0.533. The van der Waals surface area contributed by atoms with Gasteiger partial charge in [-0.15, -0.1) is 0 Å². The molecule has 1 aromatic rings. The molecule has 20 heavy (non-hydrogen) atoms. The number of amides is 1. The van der Waals surface area contributed by atoms with Gasteiger partial charge < -0.3 is 20.5 Å². The van der Waals surface area contributed by atoms with E-state index < -0.39 is 0 Å². The van der Waals surface area contributed by atoms with Gasteiger partial charge in [-0.05, 0) is 18.6 Å². The Hall–Kier alpha value is -1.59. The van der Waals surface area contributed by atoms with Crippen LogP contribution in [-0.2, 0) is 9.53 Å². The van der Waals surface area contributed by atoms with Gasteiger partial charge in [0.2, 0.25) is 5.91 Å². The van der Waals surface area contributed by atoms with Crippen LogP contribution in [0.2, 0.25) is 0 Å². The number of benzene rings is 1. The van der Waals surface area contributed by atoms with Crippen LogP contribution in [0, 0.1) is 0 Å². The number of carbonyl (C=O) groups excluding carboxylic acids is 1. The Morgan fingerprint density at radius 3 is 2.90 bits per heavy atom. The summed E-state index contributed by atoms with van der Waals surface area (Å²) in [6, 6.07) is 7.38. The lowest BCUT2D eigenvalue weighted by atomic mass is 10.2. The zero-order valence-corrected chi connectivity index (χ0v) is 12.2. The smallest absolute Gasteiger partial charge is 0.227 e. The molecule has 0 aliphatic rings. The first-order valence-corrected chi connectivity index (χ1v) is 6.95. The van der Waals surface area contributed by atoms with Gasteiger partial charge in [-0.2, -0.15) is 0 Å². The maximum atomic E-state index is 11.8. The summed E-state index contributed by atoms with van der Waals surface area (Å²) in [5.41, 5.74) is 6.21. The molecule has 0 saturated carbocycles. The predicted octanol–water partition coefficient (Wildman–Crippen LogP) is 2.17. The molecule has 0 fully saturated rings. The first kappa shape index (κ1) is 16.5. The predicted molar refractivity (Wildman–Crippen MR) is 79.9 cm³/mol. The van der Waals surface area contributed by atoms with E-state index in [4.69, 9.17) is 15.2 Å². The molecule has 0 aliphatic heterocycles. The third kappa shape index (κ3) is 6.04. The highest BCUT2D eigenvalue weighted by Gasteiger charge is 2.11. The van der Waals surface area contributed by atoms with E-state index >= 15 is 0 Å². The highest BCUT2D eigenvalue weighted by Crippen LogP contribution is 2.18. The number of hydrogen-bond donors (Lipinski definition) is 2. The highest BCUT2D eigenvalue weighted by atomic mass is 16.5. The number of nitrogens with two attached hydrogens (primary N) is 1. The number of carbonyl (C=O) groups is 1. The van der Waals surface area contributed by atoms with Gasteiger partial charge in [0, 0.05) is 25.4 Å². The van der Waals surface area contributed by atoms with Crippen molar-refractivity contribution in [3.63, 3.8) is 0 Å². The molecular weight excluding hydrogens is 256 g/mol. The minimum absolute atomic E-state index is 0.118. The molecule has 0 bridgehead atoms. The Bertz CT molecular complexity index is 406. The van der Waals surface area contributed by atoms with E-state index in [2.05, 4.69) is 12.2 Å². The maximum Gasteiger partial charge on any atom is 0.227 e. The van der Waals surface area contributed by atoms with Gasteiger partial charge in [0.1, 0.15) is 5.75 Å². The second-order valence-electron chi connectivity index (χ2n) is 4.58. The first-order chi connectivity index (χ1) is 9.69. The molecule has 5 nitrogen and oxygen atoms in total. The van der Waals surface area contributed by atoms with Crippen LogP contribution in [0.15, 0.2) is 24.3 Å². The lowest BCUT2D eigenvalue weighted by Crippen LogP contribution is -2.28. The molecule has 0 spiro atoms. The molecule has 1 rings (SSSR count). The average molecular weight is 280 g/mol. The summed E-state index contributed by atoms with van der Waals surface area (Å²) in [5, 5.41) is 2.82. The van der Waals surface area contributed by atoms with E-state index in [1.165, 1.54) is 0 Å². The zero-order valence-electron chi connectivity index (χ0n) is 12.2. The number of nitrogens with one attached hydrogen (secondary N) is 1. The Labute approximate surface area is 120 Å². The van der Waals surface area contributed by atoms with E-state index in [0.29, 0.717) is 13.2 Å². The molecule has 1 aromatic carbocycles. The van der Waals surface area contributed by atoms with Crippen LogP contribution >= 0.6 is 0 Å². The quantitative estimate of drug-likeness (QED) is 0.680. The summed E-state index contributed by atoms with van der Waals surface area (Å²) < 4.78 is 10.7. The molecule has 5 heteroatoms. The SMILES string of the molecule is CCCCOc1cccc(NC(=O)CC(CN)OC)c1. The second kappa shape index (κ2) is 9.34. The van der Waals surface area contributed by atoms with Crippen molar-refractivity contribution in [1.29, 1.82) is 0 Å². The van der Waals surface area contributed by atoms with E-state index in [9.17, 15) is 4.79 Å². The monoisotopic (exact) mass is 280 g/mol. The second-order valence-corrected chi connectivity index (χ2v) is 4.58. The fourth-order valence-electron chi connectivity index (χ4n) is 1.68. The lowest BCUT2D eigenvalue weighted by Gasteiger charge is -2.13. The van der Waals surface area contributed by atoms with Crippen LogP contribution in [0.5, 0.6) is 5.75 Å². The van der Waals surface area contributed by atoms with Crippen LogP contribution in [0.4, 0.5) is 5.69 Å². The summed E-state index contributed by atoms with van der Waals surface area (Å²) in [6.07, 6.45) is 2.10. The fourth-order valence-corrected chi connectivity index (χ4v) is 1.68. The molecule has 0 heterocycles. The van der Waals surface area contributed by atoms with Crippen molar-refractivity contribution < 1.29 is 14.3 Å². The topological polar surface area (TPSA) is 73.6 Å². The summed E-state index contributed by atoms with van der Waals surface area (Å²) in [6.45, 7) is 3.13. The van der Waals surface area contributed by atoms with Crippen molar-refractivity contribution >= 4 is 11.6 Å². The standard InChI is InChI=1S/C15H24N2O3/c1-3-4-8-20-13-7-5-6-12(9-13)17-15(18)10-14(11-16)19-2/h5-7,9,14H,3-4,8,10-11,16H2,1-2H3,(H,17,18). The molecule has 1 unspecified atom stereocenters. The average Bonchev–Trinajstić information content (AvgIpc) is 2.45. The van der Waals surface area contributed by atoms with Crippen LogP contribution in [0.1, 0.15) is 26.2 Å². The Morgan fingerprint density at radius 2 is 2.25 bits per heavy atom. The summed E-state index contributed by atoms with van der Waals surface area (Å²) in [4.78, 5) is 11.8. The van der Waals surface area contributed by atoms with E-state index in [0.717, 1.165) is 24.3 Å². The van der Waals surface area contributed by atoms with Crippen molar-refractivity contribution in [2.45, 2.75) is 32.3 Å². The largest absolute Gasteiger partial charge is 0.494 e. The molecule has 0 saturated heterocycles. The van der Waals surface area contributed by atoms with E-state index in [1.807, 2.05) is 24.3 Å². The minimum Gasteiger partial charge on any atom is -0.494 e. The Balaban J connectivity index is 2.50. The van der Waals surface area contributed by atoms with Crippen LogP contribution in [0.25, 0.3) is 0 Å². The van der Waals surface area contributed by atoms with E-state index in [1.54, 1.807) is 7.11 Å². The number of anilines is 1. The number of unbranched alkanes of at least 4 members (excludes halogenated alkanes) is 1. The van der Waals surface area contributed by atoms with Crippen LogP contribution < -0.4 is 15.8 Å². The zero-order chi connectivity index (χ0) is 14.8. The third-order valence-electron chi connectivity index (χ3n) is 2.89. The van der Waals surface area contributed by atoms with Gasteiger partial charge in [-0.3, -0.25) is 4.79 Å². The number of ether oxygens (including phenoxy) is 2. The highest BCUT2D eigenvalue weighted by molar-refractivity contribution is 5.91. The van der Waals surface area contributed by atoms with Crippen LogP contribution in [-0.4, -0.2) is 32.3 Å². The molecule has 112 valence electrons. The first-order valence-electron chi connectivity index (χ1n) is 6.95. The van der Waals surface area contributed by atoms with Gasteiger partial charge in [0.15, 0.2) is 0 Å². The number of methoxy groups -OCH3 is 1. The van der Waals surface area contributed by atoms with Gasteiger partial charge >= 0.3 is 0 Å². The number of rotatable bonds is 9. The van der Waals surface area contributed by atoms with Crippen molar-refractivity contribution in [2.24, 2.45) is 5.73 Å². The molecule has 0 aliphatic carbocycles. The molecular formula is C15H24N2O3. The summed E-state index contributed by atoms with van der Waals surface area (Å²) >= 11 is 0. The maximum absolute atomic E-state index is 11.8. The van der Waals surface area contributed by atoms with Crippen molar-refractivity contribution in [1.82, 2.24) is 0 Å². The molecule has 0 aromatic heterocycles. The lowest BCUT2D eigenvalue weighted by molar-refractivity contribution is -0.118. The Kier molecular flexibility index (Phi) is 7.69. The Morgan fingerprint density at radius 1 is 1.45 bits per heavy atom. The van der Waals surface area contributed by atoms with Crippen molar-refractivity contribution in [2.75, 3.05) is 25.6 Å². The van der Waals surface area contributed by atoms with Crippen LogP contribution in [0.3, 0.4) is 0 Å². The van der Waals surface area contributed by atoms with Gasteiger partial charge in [-0.25, -0.2) is 0 Å². The van der Waals surface area contributed by atoms with E-state index in [-0.39, 0.29) is 18.4 Å². The minimum atomic E-state index is -0.251. The van der Waals surface area contributed by atoms with Gasteiger partial charge in [-0.1, -0.05) is 19.4 Å². The summed E-state index contributed by atoms with van der Waals surface area (Å²) in [7, 11) is 1.55. The molecule has 3 N–H and O–H groups in total. The van der Waals surface area contributed by atoms with Crippen molar-refractivity contribution in [3.05, 3.63) is 24.3 Å². The molecule has 1 atom stereocenters. The van der Waals surface area contributed by atoms with Gasteiger partial charge in [0.05, 0.1) is 19.1 Å². The number of hydrogen-bond acceptors (Lipinski definition) is 4. The van der Waals surface area contributed by atoms with Gasteiger partial charge in [0.25, 0.3) is 0 Å². The van der Waals surface area contributed by atoms with Crippen molar-refractivity contribution in [3.8, 4) is 5.75 Å².